The van der Waals surface area contributed by atoms with Crippen molar-refractivity contribution in [2.75, 3.05) is 5.32 Å². The number of benzene rings is 2. The number of carboxylic acids is 1. The number of pyridine rings is 1. The highest BCUT2D eigenvalue weighted by Crippen LogP contribution is 2.24. The average Bonchev–Trinajstić information content (AvgIpc) is 2.75. The van der Waals surface area contributed by atoms with Crippen LogP contribution in [0.1, 0.15) is 40.9 Å². The number of anilines is 1. The van der Waals surface area contributed by atoms with Crippen LogP contribution in [0.25, 0.3) is 5.70 Å². The number of nitrogens with zero attached hydrogens (tertiary/aromatic N) is 1. The van der Waals surface area contributed by atoms with E-state index in [1.165, 1.54) is 18.3 Å². The summed E-state index contributed by atoms with van der Waals surface area (Å²) in [5.41, 5.74) is 3.05. The Hall–Kier alpha value is -3.71. The Kier molecular flexibility index (Phi) is 7.57. The van der Waals surface area contributed by atoms with Gasteiger partial charge in [-0.3, -0.25) is 0 Å². The molecule has 0 atom stereocenters. The van der Waals surface area contributed by atoms with E-state index in [1.807, 2.05) is 38.1 Å². The van der Waals surface area contributed by atoms with E-state index < -0.39 is 5.97 Å². The number of hydrogen-bond donors (Lipinski definition) is 3. The minimum Gasteiger partial charge on any atom is -0.491 e. The van der Waals surface area contributed by atoms with Crippen LogP contribution < -0.4 is 15.4 Å². The van der Waals surface area contributed by atoms with Crippen LogP contribution in [0, 0.1) is 5.82 Å². The van der Waals surface area contributed by atoms with Crippen LogP contribution >= 0.6 is 0 Å². The summed E-state index contributed by atoms with van der Waals surface area (Å²) in [6.07, 6.45) is 1.28. The maximum Gasteiger partial charge on any atom is 0.337 e. The van der Waals surface area contributed by atoms with Crippen molar-refractivity contribution in [2.24, 2.45) is 0 Å². The summed E-state index contributed by atoms with van der Waals surface area (Å²) >= 11 is 0. The second-order valence-electron chi connectivity index (χ2n) is 7.57. The zero-order chi connectivity index (χ0) is 23.1. The summed E-state index contributed by atoms with van der Waals surface area (Å²) in [4.78, 5) is 15.1. The predicted molar refractivity (Wildman–Crippen MR) is 123 cm³/mol. The van der Waals surface area contributed by atoms with E-state index in [4.69, 9.17) is 9.84 Å². The molecule has 3 rings (SSSR count). The summed E-state index contributed by atoms with van der Waals surface area (Å²) in [5, 5.41) is 15.4. The number of ether oxygens (including phenoxy) is 1. The molecule has 6 nitrogen and oxygen atoms in total. The van der Waals surface area contributed by atoms with E-state index >= 15 is 0 Å². The fourth-order valence-corrected chi connectivity index (χ4v) is 3.08. The van der Waals surface area contributed by atoms with Crippen LogP contribution in [-0.2, 0) is 13.1 Å². The first-order chi connectivity index (χ1) is 15.3. The molecule has 3 aromatic rings. The van der Waals surface area contributed by atoms with Gasteiger partial charge in [0.25, 0.3) is 0 Å². The molecule has 0 spiro atoms. The van der Waals surface area contributed by atoms with Gasteiger partial charge in [-0.15, -0.1) is 0 Å². The van der Waals surface area contributed by atoms with E-state index in [0.29, 0.717) is 35.9 Å². The van der Waals surface area contributed by atoms with Crippen molar-refractivity contribution in [1.29, 1.82) is 0 Å². The third-order valence-corrected chi connectivity index (χ3v) is 4.58. The highest BCUT2D eigenvalue weighted by molar-refractivity contribution is 5.87. The molecule has 3 N–H and O–H groups in total. The second kappa shape index (κ2) is 10.5. The van der Waals surface area contributed by atoms with Gasteiger partial charge in [0.1, 0.15) is 17.4 Å². The van der Waals surface area contributed by atoms with E-state index in [9.17, 15) is 9.18 Å². The Morgan fingerprint density at radius 2 is 1.91 bits per heavy atom. The molecule has 166 valence electrons. The van der Waals surface area contributed by atoms with Crippen LogP contribution in [-0.4, -0.2) is 22.2 Å². The van der Waals surface area contributed by atoms with Gasteiger partial charge in [0.05, 0.1) is 11.7 Å². The third kappa shape index (κ3) is 6.39. The minimum atomic E-state index is -1.03. The molecule has 1 heterocycles. The Bertz CT molecular complexity index is 1100. The summed E-state index contributed by atoms with van der Waals surface area (Å²) < 4.78 is 19.7. The number of rotatable bonds is 10. The summed E-state index contributed by atoms with van der Waals surface area (Å²) in [6, 6.07) is 15.5. The van der Waals surface area contributed by atoms with Gasteiger partial charge in [-0.25, -0.2) is 14.2 Å². The van der Waals surface area contributed by atoms with E-state index in [2.05, 4.69) is 22.2 Å². The van der Waals surface area contributed by atoms with Crippen molar-refractivity contribution in [3.63, 3.8) is 0 Å². The smallest absolute Gasteiger partial charge is 0.337 e. The van der Waals surface area contributed by atoms with Crippen LogP contribution in [0.2, 0.25) is 0 Å². The molecule has 7 heteroatoms. The van der Waals surface area contributed by atoms with E-state index in [1.54, 1.807) is 18.2 Å². The molecule has 2 aromatic carbocycles. The molecule has 32 heavy (non-hydrogen) atoms. The predicted octanol–water partition coefficient (Wildman–Crippen LogP) is 5.08. The first-order valence-electron chi connectivity index (χ1n) is 10.2. The first-order valence-corrected chi connectivity index (χ1v) is 10.2. The molecule has 0 radical (unpaired) electrons. The van der Waals surface area contributed by atoms with Gasteiger partial charge in [0, 0.05) is 36.1 Å². The molecule has 0 fully saturated rings. The lowest BCUT2D eigenvalue weighted by Gasteiger charge is -2.16. The molecule has 0 aliphatic heterocycles. The van der Waals surface area contributed by atoms with Crippen LogP contribution in [0.5, 0.6) is 5.75 Å². The number of carboxylic acid groups (broad SMARTS) is 1. The van der Waals surface area contributed by atoms with Crippen LogP contribution in [0.4, 0.5) is 10.2 Å². The lowest BCUT2D eigenvalue weighted by atomic mass is 10.1. The van der Waals surface area contributed by atoms with Crippen molar-refractivity contribution < 1.29 is 19.0 Å². The van der Waals surface area contributed by atoms with Crippen LogP contribution in [0.15, 0.2) is 67.4 Å². The standard InChI is InChI=1S/C25H26FN3O3/c1-16(2)32-22-11-18(13-27-14-19-6-4-5-7-23(19)26)10-21(12-22)17(3)29-24-9-8-20(15-28-24)25(30)31/h4-12,15-16,27H,3,13-14H2,1-2H3,(H,28,29)(H,30,31). The van der Waals surface area contributed by atoms with Crippen molar-refractivity contribution in [2.45, 2.75) is 33.0 Å². The van der Waals surface area contributed by atoms with Gasteiger partial charge in [-0.05, 0) is 55.8 Å². The zero-order valence-corrected chi connectivity index (χ0v) is 18.1. The topological polar surface area (TPSA) is 83.5 Å². The summed E-state index contributed by atoms with van der Waals surface area (Å²) in [5.74, 6) is -0.0998. The lowest BCUT2D eigenvalue weighted by molar-refractivity contribution is 0.0696. The number of aromatic nitrogens is 1. The number of aromatic carboxylic acids is 1. The van der Waals surface area contributed by atoms with E-state index in [-0.39, 0.29) is 17.5 Å². The average molecular weight is 435 g/mol. The normalized spacial score (nSPS) is 10.8. The zero-order valence-electron chi connectivity index (χ0n) is 18.1. The van der Waals surface area contributed by atoms with Crippen LogP contribution in [0.3, 0.4) is 0 Å². The maximum atomic E-state index is 13.9. The van der Waals surface area contributed by atoms with Crippen molar-refractivity contribution in [1.82, 2.24) is 10.3 Å². The highest BCUT2D eigenvalue weighted by Gasteiger charge is 2.09. The molecule has 0 aliphatic carbocycles. The van der Waals surface area contributed by atoms with Gasteiger partial charge in [0.15, 0.2) is 0 Å². The highest BCUT2D eigenvalue weighted by atomic mass is 19.1. The van der Waals surface area contributed by atoms with Gasteiger partial charge in [-0.1, -0.05) is 24.8 Å². The summed E-state index contributed by atoms with van der Waals surface area (Å²) in [7, 11) is 0. The van der Waals surface area contributed by atoms with Gasteiger partial charge < -0.3 is 20.5 Å². The van der Waals surface area contributed by atoms with E-state index in [0.717, 1.165) is 11.1 Å². The SMILES string of the molecule is C=C(Nc1ccc(C(=O)O)cn1)c1cc(CNCc2ccccc2F)cc(OC(C)C)c1. The minimum absolute atomic E-state index is 0.00377. The third-order valence-electron chi connectivity index (χ3n) is 4.58. The molecule has 0 aliphatic rings. The quantitative estimate of drug-likeness (QED) is 0.412. The van der Waals surface area contributed by atoms with Crippen molar-refractivity contribution in [3.05, 3.63) is 95.4 Å². The van der Waals surface area contributed by atoms with Gasteiger partial charge in [0.2, 0.25) is 0 Å². The monoisotopic (exact) mass is 435 g/mol. The fraction of sp³-hybridized carbons (Fsp3) is 0.200. The molecule has 0 saturated carbocycles. The number of hydrogen-bond acceptors (Lipinski definition) is 5. The molecular formula is C25H26FN3O3. The van der Waals surface area contributed by atoms with Gasteiger partial charge >= 0.3 is 5.97 Å². The Morgan fingerprint density at radius 3 is 2.56 bits per heavy atom. The molecule has 0 bridgehead atoms. The summed E-state index contributed by atoms with van der Waals surface area (Å²) in [6.45, 7) is 8.89. The van der Waals surface area contributed by atoms with Crippen molar-refractivity contribution in [3.8, 4) is 5.75 Å². The lowest BCUT2D eigenvalue weighted by Crippen LogP contribution is -2.14. The fourth-order valence-electron chi connectivity index (χ4n) is 3.08. The number of halogens is 1. The molecular weight excluding hydrogens is 409 g/mol. The largest absolute Gasteiger partial charge is 0.491 e. The van der Waals surface area contributed by atoms with Gasteiger partial charge in [-0.2, -0.15) is 0 Å². The second-order valence-corrected chi connectivity index (χ2v) is 7.57. The Morgan fingerprint density at radius 1 is 1.12 bits per heavy atom. The molecule has 0 unspecified atom stereocenters. The maximum absolute atomic E-state index is 13.9. The molecule has 1 aromatic heterocycles. The number of carbonyl (C=O) groups is 1. The molecule has 0 saturated heterocycles. The van der Waals surface area contributed by atoms with Crippen molar-refractivity contribution >= 4 is 17.5 Å². The number of nitrogens with one attached hydrogen (secondary N) is 2. The Labute approximate surface area is 186 Å². The first kappa shape index (κ1) is 23.0. The Balaban J connectivity index is 1.74. The molecule has 0 amide bonds.